The highest BCUT2D eigenvalue weighted by atomic mass is 16.3. The van der Waals surface area contributed by atoms with E-state index in [0.29, 0.717) is 19.5 Å². The fraction of sp³-hybridized carbons (Fsp3) is 0.846. The van der Waals surface area contributed by atoms with Crippen LogP contribution < -0.4 is 5.32 Å². The molecule has 1 rings (SSSR count). The van der Waals surface area contributed by atoms with E-state index < -0.39 is 0 Å². The number of piperidine rings is 1. The lowest BCUT2D eigenvalue weighted by Crippen LogP contribution is -2.45. The van der Waals surface area contributed by atoms with Crippen LogP contribution in [0.3, 0.4) is 0 Å². The Bertz CT molecular complexity index is 294. The van der Waals surface area contributed by atoms with Gasteiger partial charge in [-0.3, -0.25) is 9.59 Å². The fourth-order valence-electron chi connectivity index (χ4n) is 2.22. The lowest BCUT2D eigenvalue weighted by atomic mass is 9.96. The molecule has 0 saturated carbocycles. The van der Waals surface area contributed by atoms with E-state index in [1.807, 2.05) is 6.92 Å². The summed E-state index contributed by atoms with van der Waals surface area (Å²) in [6.07, 6.45) is 2.44. The molecule has 2 atom stereocenters. The third kappa shape index (κ3) is 4.64. The van der Waals surface area contributed by atoms with E-state index in [1.165, 1.54) is 0 Å². The second kappa shape index (κ2) is 7.36. The number of rotatable bonds is 5. The van der Waals surface area contributed by atoms with E-state index in [0.717, 1.165) is 19.4 Å². The van der Waals surface area contributed by atoms with Gasteiger partial charge in [0.25, 0.3) is 0 Å². The highest BCUT2D eigenvalue weighted by molar-refractivity contribution is 5.80. The number of aliphatic hydroxyl groups excluding tert-OH is 1. The van der Waals surface area contributed by atoms with Gasteiger partial charge in [0.1, 0.15) is 0 Å². The molecule has 1 aliphatic heterocycles. The van der Waals surface area contributed by atoms with Crippen LogP contribution in [0.4, 0.5) is 0 Å². The molecule has 2 N–H and O–H groups in total. The predicted octanol–water partition coefficient (Wildman–Crippen LogP) is 0.380. The molecule has 0 aromatic carbocycles. The van der Waals surface area contributed by atoms with Crippen LogP contribution in [-0.2, 0) is 9.59 Å². The van der Waals surface area contributed by atoms with Crippen LogP contribution in [0.5, 0.6) is 0 Å². The first-order valence-electron chi connectivity index (χ1n) is 6.68. The highest BCUT2D eigenvalue weighted by Gasteiger charge is 2.26. The maximum atomic E-state index is 12.0. The molecule has 0 aromatic rings. The topological polar surface area (TPSA) is 69.6 Å². The van der Waals surface area contributed by atoms with Gasteiger partial charge in [-0.25, -0.2) is 0 Å². The van der Waals surface area contributed by atoms with Gasteiger partial charge in [0.15, 0.2) is 0 Å². The van der Waals surface area contributed by atoms with Crippen LogP contribution in [0.2, 0.25) is 0 Å². The first-order chi connectivity index (χ1) is 8.54. The number of nitrogens with one attached hydrogen (secondary N) is 1. The summed E-state index contributed by atoms with van der Waals surface area (Å²) in [7, 11) is 0. The third-order valence-electron chi connectivity index (χ3n) is 3.48. The van der Waals surface area contributed by atoms with Gasteiger partial charge in [0, 0.05) is 33.2 Å². The summed E-state index contributed by atoms with van der Waals surface area (Å²) in [5.74, 6) is 0.280. The van der Waals surface area contributed by atoms with Crippen molar-refractivity contribution in [3.8, 4) is 0 Å². The molecular weight excluding hydrogens is 232 g/mol. The van der Waals surface area contributed by atoms with Crippen molar-refractivity contribution in [3.63, 3.8) is 0 Å². The minimum atomic E-state index is -0.0797. The maximum absolute atomic E-state index is 12.0. The molecule has 0 radical (unpaired) electrons. The van der Waals surface area contributed by atoms with E-state index in [2.05, 4.69) is 5.32 Å². The molecule has 0 bridgehead atoms. The summed E-state index contributed by atoms with van der Waals surface area (Å²) in [5, 5.41) is 11.7. The molecule has 1 saturated heterocycles. The average molecular weight is 256 g/mol. The predicted molar refractivity (Wildman–Crippen MR) is 68.9 cm³/mol. The first-order valence-corrected chi connectivity index (χ1v) is 6.68. The number of hydrogen-bond donors (Lipinski definition) is 2. The summed E-state index contributed by atoms with van der Waals surface area (Å²) < 4.78 is 0. The first kappa shape index (κ1) is 15.0. The largest absolute Gasteiger partial charge is 0.396 e. The van der Waals surface area contributed by atoms with Crippen molar-refractivity contribution >= 4 is 11.8 Å². The molecular formula is C13H24N2O3. The fourth-order valence-corrected chi connectivity index (χ4v) is 2.22. The van der Waals surface area contributed by atoms with E-state index >= 15 is 0 Å². The lowest BCUT2D eigenvalue weighted by molar-refractivity contribution is -0.134. The maximum Gasteiger partial charge on any atom is 0.224 e. The normalized spacial score (nSPS) is 21.5. The number of amides is 2. The lowest BCUT2D eigenvalue weighted by Gasteiger charge is -2.31. The second-order valence-corrected chi connectivity index (χ2v) is 5.17. The minimum absolute atomic E-state index is 0.0331. The van der Waals surface area contributed by atoms with Crippen LogP contribution in [0.1, 0.15) is 33.1 Å². The van der Waals surface area contributed by atoms with Crippen molar-refractivity contribution in [2.75, 3.05) is 26.2 Å². The summed E-state index contributed by atoms with van der Waals surface area (Å²) in [5.41, 5.74) is 0. The summed E-state index contributed by atoms with van der Waals surface area (Å²) in [4.78, 5) is 25.0. The third-order valence-corrected chi connectivity index (χ3v) is 3.48. The molecule has 1 fully saturated rings. The molecule has 2 unspecified atom stereocenters. The molecule has 5 nitrogen and oxygen atoms in total. The van der Waals surface area contributed by atoms with Crippen molar-refractivity contribution in [1.82, 2.24) is 10.2 Å². The van der Waals surface area contributed by atoms with Crippen LogP contribution in [0.25, 0.3) is 0 Å². The van der Waals surface area contributed by atoms with Gasteiger partial charge in [0.2, 0.25) is 11.8 Å². The van der Waals surface area contributed by atoms with Gasteiger partial charge in [-0.1, -0.05) is 6.92 Å². The number of aliphatic hydroxyl groups is 1. The van der Waals surface area contributed by atoms with Gasteiger partial charge >= 0.3 is 0 Å². The zero-order valence-corrected chi connectivity index (χ0v) is 11.3. The highest BCUT2D eigenvalue weighted by Crippen LogP contribution is 2.16. The summed E-state index contributed by atoms with van der Waals surface area (Å²) in [6, 6.07) is 0. The summed E-state index contributed by atoms with van der Waals surface area (Å²) in [6.45, 7) is 5.59. The molecule has 1 heterocycles. The van der Waals surface area contributed by atoms with Crippen molar-refractivity contribution in [2.45, 2.75) is 33.1 Å². The Hall–Kier alpha value is -1.10. The molecule has 0 spiro atoms. The van der Waals surface area contributed by atoms with Gasteiger partial charge in [0.05, 0.1) is 5.92 Å². The van der Waals surface area contributed by atoms with Crippen LogP contribution in [0.15, 0.2) is 0 Å². The molecule has 5 heteroatoms. The number of carbonyl (C=O) groups excluding carboxylic acids is 2. The van der Waals surface area contributed by atoms with Gasteiger partial charge in [-0.05, 0) is 25.2 Å². The number of hydrogen-bond acceptors (Lipinski definition) is 3. The summed E-state index contributed by atoms with van der Waals surface area (Å²) >= 11 is 0. The van der Waals surface area contributed by atoms with Crippen molar-refractivity contribution in [1.29, 1.82) is 0 Å². The van der Waals surface area contributed by atoms with Crippen LogP contribution in [-0.4, -0.2) is 48.1 Å². The minimum Gasteiger partial charge on any atom is -0.396 e. The Kier molecular flexibility index (Phi) is 6.12. The van der Waals surface area contributed by atoms with Crippen molar-refractivity contribution in [3.05, 3.63) is 0 Å². The van der Waals surface area contributed by atoms with Gasteiger partial charge in [-0.2, -0.15) is 0 Å². The SMILES string of the molecule is CC(=O)N1CCCC(C(=O)NCC(C)CCO)C1. The quantitative estimate of drug-likeness (QED) is 0.747. The second-order valence-electron chi connectivity index (χ2n) is 5.17. The molecule has 1 aliphatic rings. The van der Waals surface area contributed by atoms with Gasteiger partial charge < -0.3 is 15.3 Å². The molecule has 104 valence electrons. The Morgan fingerprint density at radius 1 is 1.50 bits per heavy atom. The Morgan fingerprint density at radius 2 is 2.22 bits per heavy atom. The number of nitrogens with zero attached hydrogens (tertiary/aromatic N) is 1. The number of likely N-dealkylation sites (tertiary alicyclic amines) is 1. The average Bonchev–Trinajstić information content (AvgIpc) is 2.36. The molecule has 18 heavy (non-hydrogen) atoms. The Labute approximate surface area is 109 Å². The zero-order chi connectivity index (χ0) is 13.5. The standard InChI is InChI=1S/C13H24N2O3/c1-10(5-7-16)8-14-13(18)12-4-3-6-15(9-12)11(2)17/h10,12,16H,3-9H2,1-2H3,(H,14,18). The van der Waals surface area contributed by atoms with Crippen molar-refractivity contribution < 1.29 is 14.7 Å². The monoisotopic (exact) mass is 256 g/mol. The van der Waals surface area contributed by atoms with Crippen molar-refractivity contribution in [2.24, 2.45) is 11.8 Å². The van der Waals surface area contributed by atoms with Gasteiger partial charge in [-0.15, -0.1) is 0 Å². The Morgan fingerprint density at radius 3 is 2.83 bits per heavy atom. The Balaban J connectivity index is 2.34. The molecule has 0 aromatic heterocycles. The van der Waals surface area contributed by atoms with E-state index in [1.54, 1.807) is 11.8 Å². The van der Waals surface area contributed by atoms with E-state index in [-0.39, 0.29) is 30.3 Å². The van der Waals surface area contributed by atoms with E-state index in [9.17, 15) is 9.59 Å². The zero-order valence-electron chi connectivity index (χ0n) is 11.3. The van der Waals surface area contributed by atoms with Crippen LogP contribution >= 0.6 is 0 Å². The number of carbonyl (C=O) groups is 2. The molecule has 2 amide bonds. The van der Waals surface area contributed by atoms with E-state index in [4.69, 9.17) is 5.11 Å². The molecule has 0 aliphatic carbocycles. The smallest absolute Gasteiger partial charge is 0.224 e. The van der Waals surface area contributed by atoms with Crippen LogP contribution in [0, 0.1) is 11.8 Å².